The second-order valence-electron chi connectivity index (χ2n) is 5.15. The van der Waals surface area contributed by atoms with Gasteiger partial charge in [-0.15, -0.1) is 0 Å². The number of aromatic amines is 1. The number of hydrogen-bond acceptors (Lipinski definition) is 3. The smallest absolute Gasteiger partial charge is 0.272 e. The number of nitrogens with one attached hydrogen (secondary N) is 2. The van der Waals surface area contributed by atoms with E-state index in [1.807, 2.05) is 19.0 Å². The van der Waals surface area contributed by atoms with Gasteiger partial charge in [0.05, 0.1) is 0 Å². The molecule has 2 rings (SSSR count). The molecule has 0 radical (unpaired) electrons. The van der Waals surface area contributed by atoms with Crippen molar-refractivity contribution in [2.45, 2.75) is 32.1 Å². The van der Waals surface area contributed by atoms with Gasteiger partial charge in [0.25, 0.3) is 5.91 Å². The maximum absolute atomic E-state index is 12.1. The number of likely N-dealkylation sites (N-methyl/N-ethyl adjacent to an activating group) is 1. The zero-order valence-corrected chi connectivity index (χ0v) is 11.3. The molecule has 0 saturated heterocycles. The maximum atomic E-state index is 12.1. The van der Waals surface area contributed by atoms with Crippen LogP contribution >= 0.6 is 0 Å². The van der Waals surface area contributed by atoms with E-state index in [1.54, 1.807) is 0 Å². The molecule has 1 aromatic rings. The Bertz CT molecular complexity index is 411. The van der Waals surface area contributed by atoms with Crippen molar-refractivity contribution in [2.75, 3.05) is 27.2 Å². The number of aryl methyl sites for hydroxylation is 1. The highest BCUT2D eigenvalue weighted by molar-refractivity contribution is 5.94. The van der Waals surface area contributed by atoms with Crippen molar-refractivity contribution in [1.82, 2.24) is 20.4 Å². The summed E-state index contributed by atoms with van der Waals surface area (Å²) in [7, 11) is 3.99. The molecule has 0 saturated carbocycles. The molecular formula is C13H22N4O. The normalized spacial score (nSPS) is 15.3. The van der Waals surface area contributed by atoms with E-state index in [0.29, 0.717) is 12.2 Å². The molecular weight excluding hydrogens is 228 g/mol. The molecule has 0 bridgehead atoms. The van der Waals surface area contributed by atoms with Crippen LogP contribution in [0.15, 0.2) is 0 Å². The molecule has 0 aliphatic heterocycles. The molecule has 100 valence electrons. The molecule has 18 heavy (non-hydrogen) atoms. The number of carbonyl (C=O) groups excluding carboxylic acids is 1. The van der Waals surface area contributed by atoms with E-state index in [2.05, 4.69) is 15.5 Å². The summed E-state index contributed by atoms with van der Waals surface area (Å²) >= 11 is 0. The first-order chi connectivity index (χ1) is 8.68. The van der Waals surface area contributed by atoms with Crippen molar-refractivity contribution in [3.05, 3.63) is 17.0 Å². The molecule has 0 atom stereocenters. The van der Waals surface area contributed by atoms with Crippen LogP contribution in [0.3, 0.4) is 0 Å². The van der Waals surface area contributed by atoms with Gasteiger partial charge in [-0.25, -0.2) is 0 Å². The zero-order chi connectivity index (χ0) is 13.0. The highest BCUT2D eigenvalue weighted by Gasteiger charge is 2.20. The fourth-order valence-corrected chi connectivity index (χ4v) is 2.32. The Morgan fingerprint density at radius 2 is 2.11 bits per heavy atom. The fourth-order valence-electron chi connectivity index (χ4n) is 2.32. The summed E-state index contributed by atoms with van der Waals surface area (Å²) in [5, 5.41) is 10.1. The summed E-state index contributed by atoms with van der Waals surface area (Å²) in [6.07, 6.45) is 5.58. The second-order valence-corrected chi connectivity index (χ2v) is 5.15. The van der Waals surface area contributed by atoms with Gasteiger partial charge in [-0.2, -0.15) is 5.10 Å². The Kier molecular flexibility index (Phi) is 4.36. The lowest BCUT2D eigenvalue weighted by molar-refractivity contribution is 0.0945. The van der Waals surface area contributed by atoms with Gasteiger partial charge in [-0.1, -0.05) is 6.42 Å². The van der Waals surface area contributed by atoms with Crippen LogP contribution in [0, 0.1) is 0 Å². The predicted octanol–water partition coefficient (Wildman–Crippen LogP) is 0.970. The van der Waals surface area contributed by atoms with Gasteiger partial charge in [-0.05, 0) is 39.8 Å². The third kappa shape index (κ3) is 3.10. The number of aromatic nitrogens is 2. The molecule has 5 nitrogen and oxygen atoms in total. The van der Waals surface area contributed by atoms with Crippen molar-refractivity contribution >= 4 is 5.91 Å². The van der Waals surface area contributed by atoms with Gasteiger partial charge in [0.1, 0.15) is 0 Å². The number of amides is 1. The van der Waals surface area contributed by atoms with Crippen LogP contribution < -0.4 is 5.32 Å². The standard InChI is InChI=1S/C13H22N4O/c1-17(2)9-8-14-13(18)12-10-6-4-3-5-7-11(10)15-16-12/h3-9H2,1-2H3,(H,14,18)(H,15,16). The van der Waals surface area contributed by atoms with Crippen molar-refractivity contribution in [3.8, 4) is 0 Å². The third-order valence-corrected chi connectivity index (χ3v) is 3.37. The number of rotatable bonds is 4. The minimum atomic E-state index is -0.0451. The number of fused-ring (bicyclic) bond motifs is 1. The SMILES string of the molecule is CN(C)CCNC(=O)c1n[nH]c2c1CCCCC2. The summed E-state index contributed by atoms with van der Waals surface area (Å²) < 4.78 is 0. The molecule has 0 aromatic carbocycles. The van der Waals surface area contributed by atoms with Crippen LogP contribution in [-0.2, 0) is 12.8 Å². The highest BCUT2D eigenvalue weighted by atomic mass is 16.1. The number of carbonyl (C=O) groups is 1. The summed E-state index contributed by atoms with van der Waals surface area (Å²) in [5.74, 6) is -0.0451. The summed E-state index contributed by atoms with van der Waals surface area (Å²) in [6.45, 7) is 1.51. The molecule has 1 aliphatic rings. The van der Waals surface area contributed by atoms with Crippen molar-refractivity contribution in [3.63, 3.8) is 0 Å². The third-order valence-electron chi connectivity index (χ3n) is 3.37. The van der Waals surface area contributed by atoms with Gasteiger partial charge < -0.3 is 10.2 Å². The van der Waals surface area contributed by atoms with Crippen LogP contribution in [0.1, 0.15) is 41.0 Å². The van der Waals surface area contributed by atoms with E-state index in [4.69, 9.17) is 0 Å². The zero-order valence-electron chi connectivity index (χ0n) is 11.3. The van der Waals surface area contributed by atoms with E-state index in [-0.39, 0.29) is 5.91 Å². The van der Waals surface area contributed by atoms with E-state index >= 15 is 0 Å². The van der Waals surface area contributed by atoms with Crippen molar-refractivity contribution < 1.29 is 4.79 Å². The van der Waals surface area contributed by atoms with E-state index in [0.717, 1.165) is 37.1 Å². The minimum Gasteiger partial charge on any atom is -0.349 e. The molecule has 1 aromatic heterocycles. The van der Waals surface area contributed by atoms with Gasteiger partial charge in [0.15, 0.2) is 5.69 Å². The van der Waals surface area contributed by atoms with Crippen molar-refractivity contribution in [1.29, 1.82) is 0 Å². The molecule has 0 fully saturated rings. The Hall–Kier alpha value is -1.36. The quantitative estimate of drug-likeness (QED) is 0.783. The van der Waals surface area contributed by atoms with Crippen LogP contribution in [0.5, 0.6) is 0 Å². The molecule has 0 spiro atoms. The van der Waals surface area contributed by atoms with Gasteiger partial charge in [0, 0.05) is 24.3 Å². The van der Waals surface area contributed by atoms with Crippen LogP contribution in [0.2, 0.25) is 0 Å². The number of H-pyrrole nitrogens is 1. The average Bonchev–Trinajstić information content (AvgIpc) is 2.58. The number of nitrogens with zero attached hydrogens (tertiary/aromatic N) is 2. The molecule has 1 heterocycles. The molecule has 5 heteroatoms. The first-order valence-electron chi connectivity index (χ1n) is 6.67. The maximum Gasteiger partial charge on any atom is 0.272 e. The average molecular weight is 250 g/mol. The summed E-state index contributed by atoms with van der Waals surface area (Å²) in [4.78, 5) is 14.1. The van der Waals surface area contributed by atoms with E-state index < -0.39 is 0 Å². The monoisotopic (exact) mass is 250 g/mol. The van der Waals surface area contributed by atoms with Crippen molar-refractivity contribution in [2.24, 2.45) is 0 Å². The number of hydrogen-bond donors (Lipinski definition) is 2. The summed E-state index contributed by atoms with van der Waals surface area (Å²) in [6, 6.07) is 0. The fraction of sp³-hybridized carbons (Fsp3) is 0.692. The Balaban J connectivity index is 2.00. The molecule has 1 amide bonds. The Morgan fingerprint density at radius 1 is 1.33 bits per heavy atom. The van der Waals surface area contributed by atoms with Gasteiger partial charge >= 0.3 is 0 Å². The second kappa shape index (κ2) is 6.00. The minimum absolute atomic E-state index is 0.0451. The van der Waals surface area contributed by atoms with Crippen LogP contribution in [-0.4, -0.2) is 48.2 Å². The lowest BCUT2D eigenvalue weighted by Gasteiger charge is -2.10. The van der Waals surface area contributed by atoms with E-state index in [9.17, 15) is 4.79 Å². The Morgan fingerprint density at radius 3 is 2.89 bits per heavy atom. The molecule has 2 N–H and O–H groups in total. The van der Waals surface area contributed by atoms with Gasteiger partial charge in [0.2, 0.25) is 0 Å². The first-order valence-corrected chi connectivity index (χ1v) is 6.67. The molecule has 0 unspecified atom stereocenters. The first kappa shape index (κ1) is 13.1. The largest absolute Gasteiger partial charge is 0.349 e. The highest BCUT2D eigenvalue weighted by Crippen LogP contribution is 2.21. The Labute approximate surface area is 108 Å². The lowest BCUT2D eigenvalue weighted by Crippen LogP contribution is -2.32. The lowest BCUT2D eigenvalue weighted by atomic mass is 10.1. The van der Waals surface area contributed by atoms with Gasteiger partial charge in [-0.3, -0.25) is 9.89 Å². The predicted molar refractivity (Wildman–Crippen MR) is 70.7 cm³/mol. The summed E-state index contributed by atoms with van der Waals surface area (Å²) in [5.41, 5.74) is 2.89. The van der Waals surface area contributed by atoms with Crippen LogP contribution in [0.25, 0.3) is 0 Å². The van der Waals surface area contributed by atoms with E-state index in [1.165, 1.54) is 12.8 Å². The van der Waals surface area contributed by atoms with Crippen LogP contribution in [0.4, 0.5) is 0 Å². The topological polar surface area (TPSA) is 61.0 Å². The molecule has 1 aliphatic carbocycles.